The van der Waals surface area contributed by atoms with Crippen molar-refractivity contribution >= 4 is 26.6 Å². The number of methoxy groups -OCH3 is 1. The number of sulfone groups is 1. The fourth-order valence-corrected chi connectivity index (χ4v) is 4.87. The number of nitrogens with one attached hydrogen (secondary N) is 1. The first-order valence-corrected chi connectivity index (χ1v) is 12.8. The number of hydrogen-bond donors (Lipinski definition) is 1. The molecule has 5 rings (SSSR count). The van der Waals surface area contributed by atoms with Gasteiger partial charge in [0.1, 0.15) is 16.2 Å². The van der Waals surface area contributed by atoms with Crippen LogP contribution in [-0.2, 0) is 19.3 Å². The van der Waals surface area contributed by atoms with Gasteiger partial charge in [0.2, 0.25) is 0 Å². The van der Waals surface area contributed by atoms with Crippen molar-refractivity contribution in [3.63, 3.8) is 0 Å². The van der Waals surface area contributed by atoms with Gasteiger partial charge in [0, 0.05) is 48.0 Å². The molecule has 176 valence electrons. The van der Waals surface area contributed by atoms with Gasteiger partial charge in [-0.15, -0.1) is 0 Å². The Bertz CT molecular complexity index is 1320. The van der Waals surface area contributed by atoms with E-state index in [0.717, 1.165) is 22.9 Å². The molecule has 1 saturated heterocycles. The predicted molar refractivity (Wildman–Crippen MR) is 126 cm³/mol. The lowest BCUT2D eigenvalue weighted by Gasteiger charge is -2.35. The molecule has 1 fully saturated rings. The van der Waals surface area contributed by atoms with Crippen LogP contribution in [0.15, 0.2) is 24.4 Å². The van der Waals surface area contributed by atoms with Gasteiger partial charge in [-0.1, -0.05) is 0 Å². The van der Waals surface area contributed by atoms with Crippen molar-refractivity contribution in [2.75, 3.05) is 44.6 Å². The van der Waals surface area contributed by atoms with E-state index in [1.807, 2.05) is 24.4 Å². The van der Waals surface area contributed by atoms with Gasteiger partial charge in [0.15, 0.2) is 27.2 Å². The van der Waals surface area contributed by atoms with E-state index in [9.17, 15) is 8.42 Å². The maximum atomic E-state index is 12.9. The first-order chi connectivity index (χ1) is 15.7. The summed E-state index contributed by atoms with van der Waals surface area (Å²) in [6, 6.07) is 5.84. The van der Waals surface area contributed by atoms with E-state index in [4.69, 9.17) is 24.2 Å². The number of anilines is 1. The lowest BCUT2D eigenvalue weighted by Crippen LogP contribution is -2.46. The van der Waals surface area contributed by atoms with E-state index in [2.05, 4.69) is 9.88 Å². The first kappa shape index (κ1) is 22.0. The molecule has 4 heterocycles. The highest BCUT2D eigenvalue weighted by atomic mass is 32.2. The fraction of sp³-hybridized carbons (Fsp3) is 0.478. The number of aromatic nitrogens is 3. The van der Waals surface area contributed by atoms with Crippen molar-refractivity contribution in [3.05, 3.63) is 30.1 Å². The number of nitrogens with zero attached hydrogens (tertiary/aromatic N) is 3. The molecular weight excluding hydrogens is 444 g/mol. The summed E-state index contributed by atoms with van der Waals surface area (Å²) >= 11 is 0. The van der Waals surface area contributed by atoms with Crippen LogP contribution in [0.1, 0.15) is 26.0 Å². The van der Waals surface area contributed by atoms with Crippen LogP contribution >= 0.6 is 0 Å². The minimum Gasteiger partial charge on any atom is -0.497 e. The molecule has 2 aliphatic heterocycles. The van der Waals surface area contributed by atoms with Crippen LogP contribution in [0.25, 0.3) is 22.3 Å². The van der Waals surface area contributed by atoms with Crippen molar-refractivity contribution in [1.29, 1.82) is 0 Å². The summed E-state index contributed by atoms with van der Waals surface area (Å²) in [5.74, 6) is 2.14. The van der Waals surface area contributed by atoms with Crippen molar-refractivity contribution in [3.8, 4) is 22.9 Å². The molecular formula is C23H28N4O5S. The Morgan fingerprint density at radius 2 is 2.06 bits per heavy atom. The molecule has 2 aliphatic rings. The van der Waals surface area contributed by atoms with Crippen molar-refractivity contribution < 1.29 is 22.6 Å². The van der Waals surface area contributed by atoms with Crippen LogP contribution in [0, 0.1) is 0 Å². The molecule has 1 atom stereocenters. The van der Waals surface area contributed by atoms with E-state index in [1.54, 1.807) is 21.0 Å². The second-order valence-corrected chi connectivity index (χ2v) is 11.6. The summed E-state index contributed by atoms with van der Waals surface area (Å²) in [6.07, 6.45) is 3.83. The van der Waals surface area contributed by atoms with Crippen LogP contribution in [0.2, 0.25) is 0 Å². The van der Waals surface area contributed by atoms with Gasteiger partial charge in [-0.05, 0) is 26.0 Å². The number of hydrogen-bond acceptors (Lipinski definition) is 8. The Labute approximate surface area is 193 Å². The summed E-state index contributed by atoms with van der Waals surface area (Å²) in [5.41, 5.74) is 2.00. The molecule has 0 unspecified atom stereocenters. The molecule has 3 aromatic rings. The molecule has 0 aliphatic carbocycles. The van der Waals surface area contributed by atoms with Crippen LogP contribution in [0.5, 0.6) is 11.5 Å². The minimum atomic E-state index is -3.52. The molecule has 1 N–H and O–H groups in total. The molecule has 9 nitrogen and oxygen atoms in total. The second-order valence-electron chi connectivity index (χ2n) is 9.00. The third-order valence-electron chi connectivity index (χ3n) is 6.66. The molecule has 0 saturated carbocycles. The molecule has 0 amide bonds. The van der Waals surface area contributed by atoms with E-state index in [1.165, 1.54) is 6.26 Å². The third-order valence-corrected chi connectivity index (χ3v) is 8.71. The maximum absolute atomic E-state index is 12.9. The largest absolute Gasteiger partial charge is 0.497 e. The molecule has 0 bridgehead atoms. The highest BCUT2D eigenvalue weighted by Crippen LogP contribution is 2.44. The molecule has 0 spiro atoms. The molecule has 2 aromatic heterocycles. The number of morpholine rings is 1. The SMILES string of the molecule is COc1cc(-c2nc3c(c(C(C)(C)S(C)(=O)=O)n2)OCC[C@@H]2COCCN32)c2cc[nH]c2c1. The zero-order chi connectivity index (χ0) is 23.4. The van der Waals surface area contributed by atoms with Gasteiger partial charge in [0.25, 0.3) is 0 Å². The van der Waals surface area contributed by atoms with E-state index >= 15 is 0 Å². The average molecular weight is 473 g/mol. The van der Waals surface area contributed by atoms with Gasteiger partial charge < -0.3 is 24.1 Å². The summed E-state index contributed by atoms with van der Waals surface area (Å²) < 4.78 is 41.8. The van der Waals surface area contributed by atoms with E-state index in [-0.39, 0.29) is 6.04 Å². The zero-order valence-corrected chi connectivity index (χ0v) is 20.0. The first-order valence-electron chi connectivity index (χ1n) is 11.0. The van der Waals surface area contributed by atoms with Gasteiger partial charge in [-0.25, -0.2) is 18.4 Å². The van der Waals surface area contributed by atoms with Crippen LogP contribution < -0.4 is 14.4 Å². The Morgan fingerprint density at radius 3 is 2.82 bits per heavy atom. The minimum absolute atomic E-state index is 0.106. The Hall–Kier alpha value is -2.85. The van der Waals surface area contributed by atoms with E-state index < -0.39 is 14.6 Å². The zero-order valence-electron chi connectivity index (χ0n) is 19.2. The van der Waals surface area contributed by atoms with E-state index in [0.29, 0.717) is 55.2 Å². The lowest BCUT2D eigenvalue weighted by atomic mass is 10.0. The third kappa shape index (κ3) is 3.61. The second kappa shape index (κ2) is 7.88. The lowest BCUT2D eigenvalue weighted by molar-refractivity contribution is 0.0894. The standard InChI is InChI=1S/C23H28N4O5S/c1-23(2,33(4,28)29)20-19-22(27-8-10-31-13-14(27)6-9-32-19)26-21(25-20)17-11-15(30-3)12-18-16(17)5-7-24-18/h5,7,11-12,14,24H,6,8-10,13H2,1-4H3/t14-/m1/s1. The van der Waals surface area contributed by atoms with Gasteiger partial charge in [-0.2, -0.15) is 0 Å². The highest BCUT2D eigenvalue weighted by Gasteiger charge is 2.41. The monoisotopic (exact) mass is 472 g/mol. The fourth-order valence-electron chi connectivity index (χ4n) is 4.38. The summed E-state index contributed by atoms with van der Waals surface area (Å²) in [5, 5.41) is 0.923. The number of H-pyrrole nitrogens is 1. The van der Waals surface area contributed by atoms with Crippen LogP contribution in [0.4, 0.5) is 5.82 Å². The number of aromatic amines is 1. The van der Waals surface area contributed by atoms with Crippen molar-refractivity contribution in [2.45, 2.75) is 31.1 Å². The molecule has 33 heavy (non-hydrogen) atoms. The molecule has 0 radical (unpaired) electrons. The predicted octanol–water partition coefficient (Wildman–Crippen LogP) is 2.90. The average Bonchev–Trinajstić information content (AvgIpc) is 3.18. The Morgan fingerprint density at radius 1 is 1.24 bits per heavy atom. The highest BCUT2D eigenvalue weighted by molar-refractivity contribution is 7.91. The van der Waals surface area contributed by atoms with Gasteiger partial charge in [-0.3, -0.25) is 0 Å². The van der Waals surface area contributed by atoms with Crippen LogP contribution in [0.3, 0.4) is 0 Å². The van der Waals surface area contributed by atoms with Crippen LogP contribution in [-0.4, -0.2) is 69.1 Å². The normalized spacial score (nSPS) is 18.9. The topological polar surface area (TPSA) is 107 Å². The van der Waals surface area contributed by atoms with Gasteiger partial charge in [0.05, 0.1) is 33.0 Å². The quantitative estimate of drug-likeness (QED) is 0.618. The van der Waals surface area contributed by atoms with Crippen molar-refractivity contribution in [1.82, 2.24) is 15.0 Å². The Kier molecular flexibility index (Phi) is 5.24. The number of ether oxygens (including phenoxy) is 3. The smallest absolute Gasteiger partial charge is 0.185 e. The summed E-state index contributed by atoms with van der Waals surface area (Å²) in [6.45, 7) is 5.56. The van der Waals surface area contributed by atoms with Crippen molar-refractivity contribution in [2.24, 2.45) is 0 Å². The number of benzene rings is 1. The molecule has 1 aromatic carbocycles. The summed E-state index contributed by atoms with van der Waals surface area (Å²) in [4.78, 5) is 15.2. The summed E-state index contributed by atoms with van der Waals surface area (Å²) in [7, 11) is -1.91. The maximum Gasteiger partial charge on any atom is 0.185 e. The Balaban J connectivity index is 1.82. The van der Waals surface area contributed by atoms with Gasteiger partial charge >= 0.3 is 0 Å². The number of rotatable bonds is 4. The molecule has 10 heteroatoms. The number of fused-ring (bicyclic) bond motifs is 4.